The molecule has 1 aliphatic heterocycles. The van der Waals surface area contributed by atoms with Crippen LogP contribution < -0.4 is 10.7 Å². The fourth-order valence-electron chi connectivity index (χ4n) is 1.68. The highest BCUT2D eigenvalue weighted by molar-refractivity contribution is 6.32. The SMILES string of the molecule is Cc1ccc(N2N=C(N)CC2=O)c(C)c1Cl. The van der Waals surface area contributed by atoms with Gasteiger partial charge in [0.05, 0.1) is 12.1 Å². The van der Waals surface area contributed by atoms with Crippen LogP contribution in [-0.4, -0.2) is 11.7 Å². The molecule has 0 fully saturated rings. The number of nitrogens with zero attached hydrogens (tertiary/aromatic N) is 2. The van der Waals surface area contributed by atoms with Crippen molar-refractivity contribution in [1.29, 1.82) is 0 Å². The van der Waals surface area contributed by atoms with Crippen LogP contribution in [0.5, 0.6) is 0 Å². The maximum Gasteiger partial charge on any atom is 0.255 e. The summed E-state index contributed by atoms with van der Waals surface area (Å²) in [5.74, 6) is 0.210. The summed E-state index contributed by atoms with van der Waals surface area (Å²) < 4.78 is 0. The van der Waals surface area contributed by atoms with Gasteiger partial charge in [-0.15, -0.1) is 0 Å². The Hall–Kier alpha value is -1.55. The molecule has 0 saturated carbocycles. The van der Waals surface area contributed by atoms with Crippen molar-refractivity contribution in [3.05, 3.63) is 28.3 Å². The molecule has 1 aliphatic rings. The summed E-state index contributed by atoms with van der Waals surface area (Å²) in [6.45, 7) is 3.78. The Morgan fingerprint density at radius 2 is 2.12 bits per heavy atom. The number of benzene rings is 1. The number of amidine groups is 1. The first-order valence-electron chi connectivity index (χ1n) is 4.92. The molecule has 0 aliphatic carbocycles. The Balaban J connectivity index is 2.50. The minimum Gasteiger partial charge on any atom is -0.385 e. The number of rotatable bonds is 1. The van der Waals surface area contributed by atoms with Gasteiger partial charge in [-0.2, -0.15) is 10.1 Å². The van der Waals surface area contributed by atoms with Crippen LogP contribution in [0.2, 0.25) is 5.02 Å². The lowest BCUT2D eigenvalue weighted by Gasteiger charge is -2.16. The van der Waals surface area contributed by atoms with Gasteiger partial charge in [0, 0.05) is 5.02 Å². The van der Waals surface area contributed by atoms with Gasteiger partial charge in [0.1, 0.15) is 5.84 Å². The van der Waals surface area contributed by atoms with E-state index >= 15 is 0 Å². The quantitative estimate of drug-likeness (QED) is 0.812. The Kier molecular flexibility index (Phi) is 2.59. The van der Waals surface area contributed by atoms with E-state index in [9.17, 15) is 4.79 Å². The van der Waals surface area contributed by atoms with E-state index < -0.39 is 0 Å². The number of carbonyl (C=O) groups excluding carboxylic acids is 1. The largest absolute Gasteiger partial charge is 0.385 e. The van der Waals surface area contributed by atoms with Crippen LogP contribution in [0.4, 0.5) is 5.69 Å². The van der Waals surface area contributed by atoms with Crippen LogP contribution in [0.25, 0.3) is 0 Å². The van der Waals surface area contributed by atoms with E-state index in [2.05, 4.69) is 5.10 Å². The van der Waals surface area contributed by atoms with Gasteiger partial charge < -0.3 is 5.73 Å². The van der Waals surface area contributed by atoms with Crippen molar-refractivity contribution in [3.8, 4) is 0 Å². The minimum atomic E-state index is -0.125. The number of amides is 1. The van der Waals surface area contributed by atoms with Gasteiger partial charge in [0.25, 0.3) is 5.91 Å². The van der Waals surface area contributed by atoms with Crippen molar-refractivity contribution in [1.82, 2.24) is 0 Å². The third-order valence-corrected chi connectivity index (χ3v) is 3.16. The Morgan fingerprint density at radius 1 is 1.44 bits per heavy atom. The average Bonchev–Trinajstić information content (AvgIpc) is 2.55. The number of halogens is 1. The molecule has 84 valence electrons. The Bertz CT molecular complexity index is 496. The highest BCUT2D eigenvalue weighted by Gasteiger charge is 2.25. The summed E-state index contributed by atoms with van der Waals surface area (Å²) in [5.41, 5.74) is 8.04. The first kappa shape index (κ1) is 11.0. The van der Waals surface area contributed by atoms with Gasteiger partial charge in [0.15, 0.2) is 0 Å². The van der Waals surface area contributed by atoms with E-state index in [1.807, 2.05) is 26.0 Å². The molecule has 2 N–H and O–H groups in total. The molecule has 0 radical (unpaired) electrons. The van der Waals surface area contributed by atoms with Crippen LogP contribution in [0.3, 0.4) is 0 Å². The lowest BCUT2D eigenvalue weighted by molar-refractivity contribution is -0.116. The summed E-state index contributed by atoms with van der Waals surface area (Å²) >= 11 is 6.13. The van der Waals surface area contributed by atoms with Crippen molar-refractivity contribution in [2.45, 2.75) is 20.3 Å². The van der Waals surface area contributed by atoms with Crippen molar-refractivity contribution >= 4 is 29.0 Å². The van der Waals surface area contributed by atoms with Gasteiger partial charge in [-0.3, -0.25) is 4.79 Å². The topological polar surface area (TPSA) is 58.7 Å². The minimum absolute atomic E-state index is 0.125. The molecule has 0 aromatic heterocycles. The molecule has 0 unspecified atom stereocenters. The predicted molar refractivity (Wildman–Crippen MR) is 64.7 cm³/mol. The van der Waals surface area contributed by atoms with Gasteiger partial charge in [-0.05, 0) is 31.0 Å². The molecule has 0 spiro atoms. The molecule has 0 bridgehead atoms. The Labute approximate surface area is 98.7 Å². The molecule has 4 nitrogen and oxygen atoms in total. The standard InChI is InChI=1S/C11H12ClN3O/c1-6-3-4-8(7(2)11(6)12)15-10(16)5-9(13)14-15/h3-4H,5H2,1-2H3,(H2,13,14). The lowest BCUT2D eigenvalue weighted by atomic mass is 10.1. The number of hydrazone groups is 1. The monoisotopic (exact) mass is 237 g/mol. The second-order valence-corrected chi connectivity index (χ2v) is 4.19. The molecule has 16 heavy (non-hydrogen) atoms. The molecule has 1 amide bonds. The molecule has 5 heteroatoms. The maximum absolute atomic E-state index is 11.6. The van der Waals surface area contributed by atoms with Gasteiger partial charge >= 0.3 is 0 Å². The molecule has 1 aromatic rings. The van der Waals surface area contributed by atoms with E-state index in [4.69, 9.17) is 17.3 Å². The molecule has 1 aromatic carbocycles. The lowest BCUT2D eigenvalue weighted by Crippen LogP contribution is -2.20. The van der Waals surface area contributed by atoms with Crippen LogP contribution in [0.15, 0.2) is 17.2 Å². The van der Waals surface area contributed by atoms with Crippen molar-refractivity contribution < 1.29 is 4.79 Å². The molecular weight excluding hydrogens is 226 g/mol. The second-order valence-electron chi connectivity index (χ2n) is 3.81. The number of carbonyl (C=O) groups is 1. The van der Waals surface area contributed by atoms with Crippen molar-refractivity contribution in [2.75, 3.05) is 5.01 Å². The number of hydrogen-bond donors (Lipinski definition) is 1. The normalized spacial score (nSPS) is 15.6. The summed E-state index contributed by atoms with van der Waals surface area (Å²) in [6, 6.07) is 3.69. The third-order valence-electron chi connectivity index (χ3n) is 2.58. The molecule has 1 heterocycles. The van der Waals surface area contributed by atoms with Crippen LogP contribution in [0.1, 0.15) is 17.5 Å². The fourth-order valence-corrected chi connectivity index (χ4v) is 1.84. The summed E-state index contributed by atoms with van der Waals surface area (Å²) in [5, 5.41) is 5.96. The Morgan fingerprint density at radius 3 is 2.69 bits per heavy atom. The van der Waals surface area contributed by atoms with E-state index in [1.165, 1.54) is 5.01 Å². The van der Waals surface area contributed by atoms with E-state index in [0.29, 0.717) is 16.5 Å². The summed E-state index contributed by atoms with van der Waals surface area (Å²) in [6.07, 6.45) is 0.172. The number of anilines is 1. The predicted octanol–water partition coefficient (Wildman–Crippen LogP) is 1.97. The molecule has 2 rings (SSSR count). The van der Waals surface area contributed by atoms with Crippen LogP contribution in [-0.2, 0) is 4.79 Å². The number of aryl methyl sites for hydroxylation is 1. The highest BCUT2D eigenvalue weighted by atomic mass is 35.5. The van der Waals surface area contributed by atoms with Crippen molar-refractivity contribution in [3.63, 3.8) is 0 Å². The molecule has 0 atom stereocenters. The zero-order valence-electron chi connectivity index (χ0n) is 9.12. The van der Waals surface area contributed by atoms with Crippen LogP contribution >= 0.6 is 11.6 Å². The van der Waals surface area contributed by atoms with Gasteiger partial charge in [-0.25, -0.2) is 0 Å². The second kappa shape index (κ2) is 3.79. The third kappa shape index (κ3) is 1.65. The highest BCUT2D eigenvalue weighted by Crippen LogP contribution is 2.31. The van der Waals surface area contributed by atoms with Gasteiger partial charge in [0.2, 0.25) is 0 Å². The first-order chi connectivity index (χ1) is 7.50. The molecule has 0 saturated heterocycles. The number of nitrogens with two attached hydrogens (primary N) is 1. The van der Waals surface area contributed by atoms with E-state index in [0.717, 1.165) is 11.1 Å². The number of hydrogen-bond acceptors (Lipinski definition) is 3. The zero-order chi connectivity index (χ0) is 11.9. The van der Waals surface area contributed by atoms with E-state index in [1.54, 1.807) is 0 Å². The van der Waals surface area contributed by atoms with Crippen molar-refractivity contribution in [2.24, 2.45) is 10.8 Å². The summed E-state index contributed by atoms with van der Waals surface area (Å²) in [7, 11) is 0. The summed E-state index contributed by atoms with van der Waals surface area (Å²) in [4.78, 5) is 11.6. The average molecular weight is 238 g/mol. The fraction of sp³-hybridized carbons (Fsp3) is 0.273. The molecular formula is C11H12ClN3O. The first-order valence-corrected chi connectivity index (χ1v) is 5.30. The van der Waals surface area contributed by atoms with Gasteiger partial charge in [-0.1, -0.05) is 17.7 Å². The smallest absolute Gasteiger partial charge is 0.255 e. The zero-order valence-corrected chi connectivity index (χ0v) is 9.88. The van der Waals surface area contributed by atoms with E-state index in [-0.39, 0.29) is 12.3 Å². The van der Waals surface area contributed by atoms with Crippen LogP contribution in [0, 0.1) is 13.8 Å². The maximum atomic E-state index is 11.6.